The molecule has 0 aliphatic carbocycles. The average molecular weight is 235 g/mol. The number of rotatable bonds is 8. The molecular weight excluding hydrogens is 210 g/mol. The second kappa shape index (κ2) is 8.18. The van der Waals surface area contributed by atoms with E-state index in [0.717, 1.165) is 5.69 Å². The Morgan fingerprint density at radius 3 is 2.65 bits per heavy atom. The molecule has 0 saturated carbocycles. The molecule has 0 bridgehead atoms. The molecule has 2 atom stereocenters. The van der Waals surface area contributed by atoms with Gasteiger partial charge in [-0.2, -0.15) is 0 Å². The van der Waals surface area contributed by atoms with Crippen LogP contribution in [0.15, 0.2) is 18.6 Å². The summed E-state index contributed by atoms with van der Waals surface area (Å²) in [7, 11) is 0. The van der Waals surface area contributed by atoms with Crippen LogP contribution in [0.4, 0.5) is 0 Å². The Bertz CT molecular complexity index is 287. The average Bonchev–Trinajstić information content (AvgIpc) is 2.36. The van der Waals surface area contributed by atoms with Gasteiger partial charge < -0.3 is 5.32 Å². The van der Waals surface area contributed by atoms with Crippen LogP contribution in [-0.2, 0) is 0 Å². The first-order valence-corrected chi connectivity index (χ1v) is 6.76. The third-order valence-corrected chi connectivity index (χ3v) is 3.05. The molecule has 0 amide bonds. The van der Waals surface area contributed by atoms with E-state index in [0.29, 0.717) is 6.04 Å². The smallest absolute Gasteiger partial charge is 0.0753 e. The van der Waals surface area contributed by atoms with Crippen molar-refractivity contribution in [1.29, 1.82) is 0 Å². The molecule has 0 radical (unpaired) electrons. The highest BCUT2D eigenvalue weighted by Crippen LogP contribution is 2.11. The van der Waals surface area contributed by atoms with Crippen LogP contribution in [0.5, 0.6) is 0 Å². The van der Waals surface area contributed by atoms with Crippen LogP contribution in [0.1, 0.15) is 64.6 Å². The Hall–Kier alpha value is -0.960. The predicted octanol–water partition coefficient (Wildman–Crippen LogP) is 3.49. The second-order valence-corrected chi connectivity index (χ2v) is 4.77. The zero-order valence-corrected chi connectivity index (χ0v) is 11.3. The van der Waals surface area contributed by atoms with Crippen LogP contribution < -0.4 is 5.32 Å². The third-order valence-electron chi connectivity index (χ3n) is 3.05. The number of aromatic nitrogens is 2. The van der Waals surface area contributed by atoms with Crippen LogP contribution in [0, 0.1) is 0 Å². The fraction of sp³-hybridized carbons (Fsp3) is 0.714. The van der Waals surface area contributed by atoms with Crippen molar-refractivity contribution in [2.24, 2.45) is 0 Å². The van der Waals surface area contributed by atoms with Gasteiger partial charge in [-0.15, -0.1) is 0 Å². The van der Waals surface area contributed by atoms with Gasteiger partial charge in [0.25, 0.3) is 0 Å². The molecular formula is C14H25N3. The van der Waals surface area contributed by atoms with Gasteiger partial charge in [0.05, 0.1) is 5.69 Å². The maximum atomic E-state index is 4.32. The van der Waals surface area contributed by atoms with Gasteiger partial charge in [0.2, 0.25) is 0 Å². The number of unbranched alkanes of at least 4 members (excludes halogenated alkanes) is 3. The number of nitrogens with one attached hydrogen (secondary N) is 1. The summed E-state index contributed by atoms with van der Waals surface area (Å²) in [6.07, 6.45) is 11.9. The number of nitrogens with zero attached hydrogens (tertiary/aromatic N) is 2. The van der Waals surface area contributed by atoms with Gasteiger partial charge in [0, 0.05) is 30.7 Å². The molecule has 0 aliphatic heterocycles. The monoisotopic (exact) mass is 235 g/mol. The summed E-state index contributed by atoms with van der Waals surface area (Å²) in [5, 5.41) is 3.57. The van der Waals surface area contributed by atoms with E-state index in [-0.39, 0.29) is 6.04 Å². The molecule has 17 heavy (non-hydrogen) atoms. The summed E-state index contributed by atoms with van der Waals surface area (Å²) >= 11 is 0. The van der Waals surface area contributed by atoms with Crippen LogP contribution >= 0.6 is 0 Å². The highest BCUT2D eigenvalue weighted by Gasteiger charge is 2.09. The summed E-state index contributed by atoms with van der Waals surface area (Å²) in [6, 6.07) is 0.828. The van der Waals surface area contributed by atoms with Crippen molar-refractivity contribution in [1.82, 2.24) is 15.3 Å². The maximum Gasteiger partial charge on any atom is 0.0753 e. The van der Waals surface area contributed by atoms with Crippen LogP contribution in [-0.4, -0.2) is 16.0 Å². The van der Waals surface area contributed by atoms with E-state index in [2.05, 4.69) is 36.1 Å². The summed E-state index contributed by atoms with van der Waals surface area (Å²) in [4.78, 5) is 8.41. The molecule has 1 aromatic rings. The Morgan fingerprint density at radius 1 is 1.18 bits per heavy atom. The number of hydrogen-bond donors (Lipinski definition) is 1. The molecule has 3 nitrogen and oxygen atoms in total. The Labute approximate surface area is 105 Å². The SMILES string of the molecule is CCCCCCC(C)NC(C)c1cnccn1. The molecule has 0 saturated heterocycles. The van der Waals surface area contributed by atoms with Gasteiger partial charge in [-0.05, 0) is 20.3 Å². The summed E-state index contributed by atoms with van der Waals surface area (Å²) in [5.41, 5.74) is 1.02. The minimum Gasteiger partial charge on any atom is -0.306 e. The Balaban J connectivity index is 2.24. The van der Waals surface area contributed by atoms with Gasteiger partial charge in [0.15, 0.2) is 0 Å². The van der Waals surface area contributed by atoms with E-state index in [1.165, 1.54) is 32.1 Å². The molecule has 1 N–H and O–H groups in total. The maximum absolute atomic E-state index is 4.32. The minimum absolute atomic E-state index is 0.282. The quantitative estimate of drug-likeness (QED) is 0.701. The van der Waals surface area contributed by atoms with E-state index in [1.807, 2.05) is 6.20 Å². The van der Waals surface area contributed by atoms with E-state index >= 15 is 0 Å². The highest BCUT2D eigenvalue weighted by atomic mass is 15.0. The zero-order valence-electron chi connectivity index (χ0n) is 11.3. The van der Waals surface area contributed by atoms with Crippen LogP contribution in [0.2, 0.25) is 0 Å². The molecule has 1 aromatic heterocycles. The lowest BCUT2D eigenvalue weighted by atomic mass is 10.1. The first kappa shape index (κ1) is 14.1. The van der Waals surface area contributed by atoms with E-state index in [1.54, 1.807) is 12.4 Å². The second-order valence-electron chi connectivity index (χ2n) is 4.77. The van der Waals surface area contributed by atoms with Gasteiger partial charge in [-0.3, -0.25) is 9.97 Å². The van der Waals surface area contributed by atoms with Gasteiger partial charge in [-0.1, -0.05) is 32.6 Å². The molecule has 3 heteroatoms. The predicted molar refractivity (Wildman–Crippen MR) is 71.8 cm³/mol. The molecule has 1 rings (SSSR count). The molecule has 0 fully saturated rings. The summed E-state index contributed by atoms with van der Waals surface area (Å²) in [6.45, 7) is 6.64. The normalized spacial score (nSPS) is 14.5. The first-order valence-electron chi connectivity index (χ1n) is 6.76. The topological polar surface area (TPSA) is 37.8 Å². The highest BCUT2D eigenvalue weighted by molar-refractivity contribution is 5.00. The van der Waals surface area contributed by atoms with Crippen LogP contribution in [0.25, 0.3) is 0 Å². The largest absolute Gasteiger partial charge is 0.306 e. The standard InChI is InChI=1S/C14H25N3/c1-4-5-6-7-8-12(2)17-13(3)14-11-15-9-10-16-14/h9-13,17H,4-8H2,1-3H3. The van der Waals surface area contributed by atoms with Crippen molar-refractivity contribution in [2.45, 2.75) is 65.0 Å². The Morgan fingerprint density at radius 2 is 2.00 bits per heavy atom. The summed E-state index contributed by atoms with van der Waals surface area (Å²) in [5.74, 6) is 0. The fourth-order valence-electron chi connectivity index (χ4n) is 2.01. The molecule has 2 unspecified atom stereocenters. The molecule has 0 aliphatic rings. The molecule has 0 spiro atoms. The van der Waals surface area contributed by atoms with Crippen molar-refractivity contribution >= 4 is 0 Å². The third kappa shape index (κ3) is 5.78. The first-order chi connectivity index (χ1) is 8.24. The lowest BCUT2D eigenvalue weighted by Crippen LogP contribution is -2.29. The minimum atomic E-state index is 0.282. The number of hydrogen-bond acceptors (Lipinski definition) is 3. The lowest BCUT2D eigenvalue weighted by Gasteiger charge is -2.19. The zero-order chi connectivity index (χ0) is 12.5. The summed E-state index contributed by atoms with van der Waals surface area (Å²) < 4.78 is 0. The van der Waals surface area contributed by atoms with E-state index in [4.69, 9.17) is 0 Å². The van der Waals surface area contributed by atoms with E-state index in [9.17, 15) is 0 Å². The Kier molecular flexibility index (Phi) is 6.78. The molecule has 96 valence electrons. The molecule has 1 heterocycles. The fourth-order valence-corrected chi connectivity index (χ4v) is 2.01. The van der Waals surface area contributed by atoms with Gasteiger partial charge in [-0.25, -0.2) is 0 Å². The van der Waals surface area contributed by atoms with Gasteiger partial charge >= 0.3 is 0 Å². The van der Waals surface area contributed by atoms with Crippen molar-refractivity contribution in [3.05, 3.63) is 24.3 Å². The van der Waals surface area contributed by atoms with E-state index < -0.39 is 0 Å². The van der Waals surface area contributed by atoms with Crippen molar-refractivity contribution < 1.29 is 0 Å². The van der Waals surface area contributed by atoms with Crippen molar-refractivity contribution in [2.75, 3.05) is 0 Å². The van der Waals surface area contributed by atoms with Crippen LogP contribution in [0.3, 0.4) is 0 Å². The van der Waals surface area contributed by atoms with Crippen molar-refractivity contribution in [3.8, 4) is 0 Å². The van der Waals surface area contributed by atoms with Gasteiger partial charge in [0.1, 0.15) is 0 Å². The molecule has 0 aromatic carbocycles. The lowest BCUT2D eigenvalue weighted by molar-refractivity contribution is 0.432. The van der Waals surface area contributed by atoms with Crippen molar-refractivity contribution in [3.63, 3.8) is 0 Å².